The molecule has 3 unspecified atom stereocenters. The molecule has 1 N–H and O–H groups in total. The first-order valence-corrected chi connectivity index (χ1v) is 8.65. The molecular weight excluding hydrogens is 260 g/mol. The van der Waals surface area contributed by atoms with Gasteiger partial charge in [-0.1, -0.05) is 51.7 Å². The molecule has 3 atom stereocenters. The number of hydrogen-bond donors (Lipinski definition) is 1. The van der Waals surface area contributed by atoms with Crippen molar-refractivity contribution in [2.75, 3.05) is 6.61 Å². The monoisotopic (exact) mass is 290 g/mol. The molecule has 0 radical (unpaired) electrons. The van der Waals surface area contributed by atoms with Crippen molar-refractivity contribution >= 4 is 0 Å². The third-order valence-electron chi connectivity index (χ3n) is 4.84. The van der Waals surface area contributed by atoms with Gasteiger partial charge in [0, 0.05) is 0 Å². The first-order chi connectivity index (χ1) is 10.2. The van der Waals surface area contributed by atoms with E-state index in [0.717, 1.165) is 43.1 Å². The molecule has 1 saturated carbocycles. The molecule has 1 fully saturated rings. The normalized spacial score (nSPS) is 23.8. The summed E-state index contributed by atoms with van der Waals surface area (Å²) >= 11 is 0. The van der Waals surface area contributed by atoms with E-state index in [4.69, 9.17) is 4.74 Å². The molecule has 0 saturated heterocycles. The van der Waals surface area contributed by atoms with Crippen LogP contribution in [0.2, 0.25) is 0 Å². The molecule has 0 aliphatic heterocycles. The molecule has 2 heteroatoms. The lowest BCUT2D eigenvalue weighted by molar-refractivity contribution is 0.0677. The summed E-state index contributed by atoms with van der Waals surface area (Å²) in [4.78, 5) is 0. The minimum atomic E-state index is -0.316. The molecule has 0 bridgehead atoms. The van der Waals surface area contributed by atoms with Gasteiger partial charge in [0.25, 0.3) is 0 Å². The topological polar surface area (TPSA) is 29.5 Å². The lowest BCUT2D eigenvalue weighted by Crippen LogP contribution is -2.21. The summed E-state index contributed by atoms with van der Waals surface area (Å²) < 4.78 is 5.68. The minimum Gasteiger partial charge on any atom is -0.494 e. The molecule has 1 aliphatic rings. The van der Waals surface area contributed by atoms with E-state index in [-0.39, 0.29) is 6.10 Å². The summed E-state index contributed by atoms with van der Waals surface area (Å²) in [5.74, 6) is 2.14. The number of aliphatic hydroxyl groups excluding tert-OH is 1. The van der Waals surface area contributed by atoms with Gasteiger partial charge in [-0.05, 0) is 48.8 Å². The van der Waals surface area contributed by atoms with E-state index in [9.17, 15) is 5.11 Å². The number of hydrogen-bond acceptors (Lipinski definition) is 2. The van der Waals surface area contributed by atoms with Crippen molar-refractivity contribution in [3.63, 3.8) is 0 Å². The van der Waals surface area contributed by atoms with Crippen LogP contribution >= 0.6 is 0 Å². The van der Waals surface area contributed by atoms with Crippen LogP contribution < -0.4 is 4.74 Å². The maximum Gasteiger partial charge on any atom is 0.119 e. The van der Waals surface area contributed by atoms with E-state index in [2.05, 4.69) is 13.8 Å². The SMILES string of the molecule is CCCCOc1ccc(C(O)C2CCCC(CC)C2)cc1. The minimum absolute atomic E-state index is 0.316. The molecule has 1 aliphatic carbocycles. The Morgan fingerprint density at radius 3 is 2.62 bits per heavy atom. The van der Waals surface area contributed by atoms with Crippen LogP contribution in [0.5, 0.6) is 5.75 Å². The highest BCUT2D eigenvalue weighted by Gasteiger charge is 2.27. The van der Waals surface area contributed by atoms with Crippen LogP contribution in [-0.2, 0) is 0 Å². The lowest BCUT2D eigenvalue weighted by Gasteiger charge is -2.32. The molecule has 118 valence electrons. The van der Waals surface area contributed by atoms with Gasteiger partial charge in [0.1, 0.15) is 5.75 Å². The van der Waals surface area contributed by atoms with Gasteiger partial charge in [0.05, 0.1) is 12.7 Å². The van der Waals surface area contributed by atoms with E-state index in [1.807, 2.05) is 24.3 Å². The molecule has 0 amide bonds. The lowest BCUT2D eigenvalue weighted by atomic mass is 9.76. The largest absolute Gasteiger partial charge is 0.494 e. The maximum atomic E-state index is 10.6. The first-order valence-electron chi connectivity index (χ1n) is 8.65. The standard InChI is InChI=1S/C19H30O2/c1-3-5-13-21-18-11-9-16(10-12-18)19(20)17-8-6-7-15(4-2)14-17/h9-12,15,17,19-20H,3-8,13-14H2,1-2H3. The number of aliphatic hydroxyl groups is 1. The zero-order valence-electron chi connectivity index (χ0n) is 13.6. The summed E-state index contributed by atoms with van der Waals surface area (Å²) in [7, 11) is 0. The van der Waals surface area contributed by atoms with Gasteiger partial charge in [0.2, 0.25) is 0 Å². The number of rotatable bonds is 7. The van der Waals surface area contributed by atoms with Crippen LogP contribution in [0.4, 0.5) is 0 Å². The Morgan fingerprint density at radius 2 is 1.95 bits per heavy atom. The zero-order chi connectivity index (χ0) is 15.1. The molecule has 0 aromatic heterocycles. The highest BCUT2D eigenvalue weighted by Crippen LogP contribution is 2.38. The molecular formula is C19H30O2. The fourth-order valence-corrected chi connectivity index (χ4v) is 3.36. The van der Waals surface area contributed by atoms with Crippen molar-refractivity contribution in [1.82, 2.24) is 0 Å². The number of ether oxygens (including phenoxy) is 1. The van der Waals surface area contributed by atoms with E-state index < -0.39 is 0 Å². The van der Waals surface area contributed by atoms with E-state index in [1.165, 1.54) is 25.7 Å². The molecule has 2 nitrogen and oxygen atoms in total. The maximum absolute atomic E-state index is 10.6. The van der Waals surface area contributed by atoms with Gasteiger partial charge in [-0.15, -0.1) is 0 Å². The zero-order valence-corrected chi connectivity index (χ0v) is 13.6. The Morgan fingerprint density at radius 1 is 1.19 bits per heavy atom. The van der Waals surface area contributed by atoms with Crippen molar-refractivity contribution in [3.8, 4) is 5.75 Å². The second-order valence-corrected chi connectivity index (χ2v) is 6.42. The smallest absolute Gasteiger partial charge is 0.119 e. The van der Waals surface area contributed by atoms with Gasteiger partial charge in [-0.2, -0.15) is 0 Å². The van der Waals surface area contributed by atoms with Gasteiger partial charge in [0.15, 0.2) is 0 Å². The Labute approximate surface area is 129 Å². The molecule has 1 aromatic rings. The van der Waals surface area contributed by atoms with E-state index >= 15 is 0 Å². The van der Waals surface area contributed by atoms with Gasteiger partial charge >= 0.3 is 0 Å². The fourth-order valence-electron chi connectivity index (χ4n) is 3.36. The van der Waals surface area contributed by atoms with Crippen LogP contribution in [-0.4, -0.2) is 11.7 Å². The quantitative estimate of drug-likeness (QED) is 0.707. The summed E-state index contributed by atoms with van der Waals surface area (Å²) in [6.45, 7) is 5.21. The molecule has 0 spiro atoms. The predicted molar refractivity (Wildman–Crippen MR) is 87.5 cm³/mol. The van der Waals surface area contributed by atoms with Crippen molar-refractivity contribution in [2.24, 2.45) is 11.8 Å². The first kappa shape index (κ1) is 16.4. The summed E-state index contributed by atoms with van der Waals surface area (Å²) in [6, 6.07) is 8.05. The third-order valence-corrected chi connectivity index (χ3v) is 4.84. The highest BCUT2D eigenvalue weighted by atomic mass is 16.5. The van der Waals surface area contributed by atoms with Crippen LogP contribution in [0.15, 0.2) is 24.3 Å². The molecule has 0 heterocycles. The summed E-state index contributed by atoms with van der Waals surface area (Å²) in [6.07, 6.45) is 8.10. The third kappa shape index (κ3) is 4.74. The molecule has 2 rings (SSSR count). The second kappa shape index (κ2) is 8.43. The second-order valence-electron chi connectivity index (χ2n) is 6.42. The van der Waals surface area contributed by atoms with Crippen molar-refractivity contribution in [1.29, 1.82) is 0 Å². The Hall–Kier alpha value is -1.02. The Balaban J connectivity index is 1.91. The average molecular weight is 290 g/mol. The van der Waals surface area contributed by atoms with Crippen molar-refractivity contribution in [2.45, 2.75) is 64.9 Å². The van der Waals surface area contributed by atoms with E-state index in [1.54, 1.807) is 0 Å². The summed E-state index contributed by atoms with van der Waals surface area (Å²) in [5, 5.41) is 10.6. The van der Waals surface area contributed by atoms with Gasteiger partial charge in [-0.25, -0.2) is 0 Å². The Bertz CT molecular complexity index is 399. The van der Waals surface area contributed by atoms with Crippen LogP contribution in [0.1, 0.15) is 70.5 Å². The predicted octanol–water partition coefficient (Wildman–Crippen LogP) is 5.12. The van der Waals surface area contributed by atoms with Crippen molar-refractivity contribution < 1.29 is 9.84 Å². The molecule has 1 aromatic carbocycles. The van der Waals surface area contributed by atoms with Crippen LogP contribution in [0, 0.1) is 11.8 Å². The highest BCUT2D eigenvalue weighted by molar-refractivity contribution is 5.28. The van der Waals surface area contributed by atoms with Crippen LogP contribution in [0.3, 0.4) is 0 Å². The van der Waals surface area contributed by atoms with E-state index in [0.29, 0.717) is 5.92 Å². The fraction of sp³-hybridized carbons (Fsp3) is 0.684. The molecule has 21 heavy (non-hydrogen) atoms. The average Bonchev–Trinajstić information content (AvgIpc) is 2.55. The Kier molecular flexibility index (Phi) is 6.56. The number of unbranched alkanes of at least 4 members (excludes halogenated alkanes) is 1. The number of benzene rings is 1. The summed E-state index contributed by atoms with van der Waals surface area (Å²) in [5.41, 5.74) is 1.04. The van der Waals surface area contributed by atoms with Gasteiger partial charge in [-0.3, -0.25) is 0 Å². The van der Waals surface area contributed by atoms with Crippen molar-refractivity contribution in [3.05, 3.63) is 29.8 Å². The van der Waals surface area contributed by atoms with Crippen LogP contribution in [0.25, 0.3) is 0 Å². The van der Waals surface area contributed by atoms with Gasteiger partial charge < -0.3 is 9.84 Å².